The van der Waals surface area contributed by atoms with Gasteiger partial charge in [0, 0.05) is 22.2 Å². The van der Waals surface area contributed by atoms with E-state index in [0.717, 1.165) is 17.5 Å². The van der Waals surface area contributed by atoms with Gasteiger partial charge in [0.25, 0.3) is 0 Å². The molecule has 100 valence electrons. The second-order valence-electron chi connectivity index (χ2n) is 4.06. The van der Waals surface area contributed by atoms with E-state index in [-0.39, 0.29) is 0 Å². The second-order valence-corrected chi connectivity index (χ2v) is 5.74. The van der Waals surface area contributed by atoms with E-state index in [0.29, 0.717) is 20.9 Å². The third-order valence-corrected chi connectivity index (χ3v) is 4.21. The molecule has 0 unspecified atom stereocenters. The Bertz CT molecular complexity index is 779. The maximum Gasteiger partial charge on any atom is 0.194 e. The van der Waals surface area contributed by atoms with Gasteiger partial charge in [0.05, 0.1) is 16.4 Å². The average Bonchev–Trinajstić information content (AvgIpc) is 3.08. The van der Waals surface area contributed by atoms with Gasteiger partial charge in [-0.25, -0.2) is 4.98 Å². The number of aromatic nitrogens is 2. The standard InChI is InChI=1S/C14H8Cl2N2OS/c15-9-3-4-12(16)11(6-9)13-8-20-14(17-13)18-5-1-2-10(18)7-19/h1-8H. The van der Waals surface area contributed by atoms with Crippen molar-refractivity contribution >= 4 is 40.8 Å². The molecule has 3 rings (SSSR count). The first-order valence-corrected chi connectivity index (χ1v) is 7.36. The molecule has 3 aromatic rings. The highest BCUT2D eigenvalue weighted by Crippen LogP contribution is 2.32. The third kappa shape index (κ3) is 2.38. The molecule has 0 aliphatic rings. The number of thiazole rings is 1. The molecule has 2 aromatic heterocycles. The molecule has 0 amide bonds. The van der Waals surface area contributed by atoms with E-state index in [2.05, 4.69) is 4.98 Å². The molecule has 0 N–H and O–H groups in total. The first-order valence-electron chi connectivity index (χ1n) is 5.73. The number of carbonyl (C=O) groups excluding carboxylic acids is 1. The minimum atomic E-state index is 0.558. The number of aldehydes is 1. The molecule has 0 atom stereocenters. The Labute approximate surface area is 129 Å². The molecule has 20 heavy (non-hydrogen) atoms. The molecule has 0 radical (unpaired) electrons. The lowest BCUT2D eigenvalue weighted by Gasteiger charge is -2.02. The Morgan fingerprint density at radius 2 is 2.10 bits per heavy atom. The van der Waals surface area contributed by atoms with Gasteiger partial charge >= 0.3 is 0 Å². The normalized spacial score (nSPS) is 10.7. The third-order valence-electron chi connectivity index (χ3n) is 2.80. The van der Waals surface area contributed by atoms with Crippen LogP contribution >= 0.6 is 34.5 Å². The monoisotopic (exact) mass is 322 g/mol. The van der Waals surface area contributed by atoms with Crippen molar-refractivity contribution in [2.24, 2.45) is 0 Å². The van der Waals surface area contributed by atoms with E-state index in [9.17, 15) is 4.79 Å². The van der Waals surface area contributed by atoms with E-state index < -0.39 is 0 Å². The number of nitrogens with zero attached hydrogens (tertiary/aromatic N) is 2. The summed E-state index contributed by atoms with van der Waals surface area (Å²) in [5.41, 5.74) is 2.08. The summed E-state index contributed by atoms with van der Waals surface area (Å²) >= 11 is 13.6. The van der Waals surface area contributed by atoms with Crippen molar-refractivity contribution in [3.8, 4) is 16.4 Å². The summed E-state index contributed by atoms with van der Waals surface area (Å²) in [5, 5.41) is 3.80. The first kappa shape index (κ1) is 13.4. The topological polar surface area (TPSA) is 34.9 Å². The lowest BCUT2D eigenvalue weighted by molar-refractivity contribution is 0.111. The number of benzene rings is 1. The van der Waals surface area contributed by atoms with Gasteiger partial charge in [-0.05, 0) is 30.3 Å². The lowest BCUT2D eigenvalue weighted by Crippen LogP contribution is -1.96. The van der Waals surface area contributed by atoms with Crippen LogP contribution in [-0.2, 0) is 0 Å². The van der Waals surface area contributed by atoms with E-state index in [4.69, 9.17) is 23.2 Å². The van der Waals surface area contributed by atoms with Crippen LogP contribution in [0.3, 0.4) is 0 Å². The first-order chi connectivity index (χ1) is 9.69. The Balaban J connectivity index is 2.06. The summed E-state index contributed by atoms with van der Waals surface area (Å²) in [6.07, 6.45) is 2.60. The van der Waals surface area contributed by atoms with Crippen molar-refractivity contribution in [2.45, 2.75) is 0 Å². The SMILES string of the molecule is O=Cc1cccn1-c1nc(-c2cc(Cl)ccc2Cl)cs1. The largest absolute Gasteiger partial charge is 0.296 e. The fourth-order valence-corrected chi connectivity index (χ4v) is 3.07. The fourth-order valence-electron chi connectivity index (χ4n) is 1.86. The van der Waals surface area contributed by atoms with E-state index in [1.165, 1.54) is 11.3 Å². The van der Waals surface area contributed by atoms with E-state index in [1.54, 1.807) is 41.1 Å². The highest BCUT2D eigenvalue weighted by molar-refractivity contribution is 7.12. The molecule has 0 aliphatic carbocycles. The maximum atomic E-state index is 11.0. The zero-order valence-electron chi connectivity index (χ0n) is 10.1. The summed E-state index contributed by atoms with van der Waals surface area (Å²) in [4.78, 5) is 15.5. The highest BCUT2D eigenvalue weighted by Gasteiger charge is 2.11. The van der Waals surface area contributed by atoms with Crippen LogP contribution in [0.15, 0.2) is 41.9 Å². The molecule has 0 saturated carbocycles. The number of hydrogen-bond donors (Lipinski definition) is 0. The number of hydrogen-bond acceptors (Lipinski definition) is 3. The van der Waals surface area contributed by atoms with Crippen LogP contribution in [0.2, 0.25) is 10.0 Å². The van der Waals surface area contributed by atoms with Crippen LogP contribution in [0.4, 0.5) is 0 Å². The highest BCUT2D eigenvalue weighted by atomic mass is 35.5. The molecular weight excluding hydrogens is 315 g/mol. The van der Waals surface area contributed by atoms with Gasteiger partial charge in [0.1, 0.15) is 0 Å². The Morgan fingerprint density at radius 3 is 2.90 bits per heavy atom. The summed E-state index contributed by atoms with van der Waals surface area (Å²) in [6.45, 7) is 0. The molecule has 2 heterocycles. The van der Waals surface area contributed by atoms with Crippen LogP contribution in [-0.4, -0.2) is 15.8 Å². The van der Waals surface area contributed by atoms with Crippen molar-refractivity contribution in [1.29, 1.82) is 0 Å². The van der Waals surface area contributed by atoms with Crippen molar-refractivity contribution in [2.75, 3.05) is 0 Å². The lowest BCUT2D eigenvalue weighted by atomic mass is 10.2. The smallest absolute Gasteiger partial charge is 0.194 e. The number of rotatable bonds is 3. The van der Waals surface area contributed by atoms with Crippen molar-refractivity contribution < 1.29 is 4.79 Å². The van der Waals surface area contributed by atoms with Gasteiger partial charge in [-0.3, -0.25) is 9.36 Å². The van der Waals surface area contributed by atoms with Gasteiger partial charge in [-0.15, -0.1) is 11.3 Å². The summed E-state index contributed by atoms with van der Waals surface area (Å²) in [7, 11) is 0. The van der Waals surface area contributed by atoms with Crippen molar-refractivity contribution in [3.05, 3.63) is 57.6 Å². The zero-order valence-corrected chi connectivity index (χ0v) is 12.4. The Morgan fingerprint density at radius 1 is 1.25 bits per heavy atom. The van der Waals surface area contributed by atoms with Crippen LogP contribution in [0.25, 0.3) is 16.4 Å². The van der Waals surface area contributed by atoms with Crippen LogP contribution < -0.4 is 0 Å². The van der Waals surface area contributed by atoms with Crippen LogP contribution in [0.1, 0.15) is 10.5 Å². The summed E-state index contributed by atoms with van der Waals surface area (Å²) in [6, 6.07) is 8.79. The maximum absolute atomic E-state index is 11.0. The van der Waals surface area contributed by atoms with Gasteiger partial charge in [-0.1, -0.05) is 23.2 Å². The van der Waals surface area contributed by atoms with E-state index >= 15 is 0 Å². The molecule has 3 nitrogen and oxygen atoms in total. The predicted octanol–water partition coefficient (Wildman–Crippen LogP) is 4.72. The molecule has 0 fully saturated rings. The zero-order chi connectivity index (χ0) is 14.1. The molecular formula is C14H8Cl2N2OS. The molecule has 0 aliphatic heterocycles. The summed E-state index contributed by atoms with van der Waals surface area (Å²) < 4.78 is 1.74. The average molecular weight is 323 g/mol. The Kier molecular flexibility index (Phi) is 3.61. The van der Waals surface area contributed by atoms with Gasteiger partial charge in [0.2, 0.25) is 0 Å². The number of halogens is 2. The van der Waals surface area contributed by atoms with Gasteiger partial charge < -0.3 is 0 Å². The molecule has 0 bridgehead atoms. The van der Waals surface area contributed by atoms with Crippen molar-refractivity contribution in [3.63, 3.8) is 0 Å². The molecule has 0 saturated heterocycles. The van der Waals surface area contributed by atoms with E-state index in [1.807, 2.05) is 5.38 Å². The minimum Gasteiger partial charge on any atom is -0.296 e. The van der Waals surface area contributed by atoms with Gasteiger partial charge in [-0.2, -0.15) is 0 Å². The molecule has 6 heteroatoms. The second kappa shape index (κ2) is 5.40. The Hall–Kier alpha value is -1.62. The van der Waals surface area contributed by atoms with Crippen molar-refractivity contribution in [1.82, 2.24) is 9.55 Å². The van der Waals surface area contributed by atoms with Gasteiger partial charge in [0.15, 0.2) is 11.4 Å². The predicted molar refractivity (Wildman–Crippen MR) is 82.3 cm³/mol. The quantitative estimate of drug-likeness (QED) is 0.654. The molecule has 1 aromatic carbocycles. The van der Waals surface area contributed by atoms with Crippen LogP contribution in [0, 0.1) is 0 Å². The number of carbonyl (C=O) groups is 1. The summed E-state index contributed by atoms with van der Waals surface area (Å²) in [5.74, 6) is 0. The fraction of sp³-hybridized carbons (Fsp3) is 0. The molecule has 0 spiro atoms. The minimum absolute atomic E-state index is 0.558. The van der Waals surface area contributed by atoms with Crippen LogP contribution in [0.5, 0.6) is 0 Å².